The van der Waals surface area contributed by atoms with Crippen molar-refractivity contribution in [3.63, 3.8) is 0 Å². The van der Waals surface area contributed by atoms with Crippen molar-refractivity contribution in [2.75, 3.05) is 18.9 Å². The van der Waals surface area contributed by atoms with E-state index in [9.17, 15) is 0 Å². The molecule has 1 saturated carbocycles. The largest absolute Gasteiger partial charge is 0.302 e. The first-order valence-corrected chi connectivity index (χ1v) is 8.06. The van der Waals surface area contributed by atoms with Gasteiger partial charge in [0.25, 0.3) is 0 Å². The van der Waals surface area contributed by atoms with Gasteiger partial charge in [-0.2, -0.15) is 0 Å². The van der Waals surface area contributed by atoms with E-state index in [4.69, 9.17) is 0 Å². The second kappa shape index (κ2) is 6.21. The molecule has 0 unspecified atom stereocenters. The van der Waals surface area contributed by atoms with Gasteiger partial charge < -0.3 is 4.90 Å². The predicted octanol–water partition coefficient (Wildman–Crippen LogP) is 4.38. The number of rotatable bonds is 5. The van der Waals surface area contributed by atoms with Crippen LogP contribution in [0.5, 0.6) is 0 Å². The third-order valence-electron chi connectivity index (χ3n) is 4.13. The molecule has 1 fully saturated rings. The van der Waals surface area contributed by atoms with Gasteiger partial charge in [0.15, 0.2) is 0 Å². The monoisotopic (exact) mass is 309 g/mol. The first kappa shape index (κ1) is 14.1. The Bertz CT molecular complexity index is 365. The highest BCUT2D eigenvalue weighted by Gasteiger charge is 2.33. The number of benzene rings is 1. The summed E-state index contributed by atoms with van der Waals surface area (Å²) in [5, 5.41) is 1.15. The van der Waals surface area contributed by atoms with Crippen molar-refractivity contribution in [2.24, 2.45) is 5.41 Å². The highest BCUT2D eigenvalue weighted by molar-refractivity contribution is 9.09. The Kier molecular flexibility index (Phi) is 4.85. The average molecular weight is 310 g/mol. The molecule has 100 valence electrons. The maximum Gasteiger partial charge on any atom is 0.0230 e. The molecule has 2 rings (SSSR count). The van der Waals surface area contributed by atoms with Crippen molar-refractivity contribution < 1.29 is 0 Å². The summed E-state index contributed by atoms with van der Waals surface area (Å²) in [6.45, 7) is 4.42. The number of nitrogens with zero attached hydrogens (tertiary/aromatic N) is 1. The van der Waals surface area contributed by atoms with Crippen LogP contribution in [-0.2, 0) is 6.54 Å². The maximum atomic E-state index is 3.73. The van der Waals surface area contributed by atoms with Crippen molar-refractivity contribution >= 4 is 15.9 Å². The van der Waals surface area contributed by atoms with Crippen LogP contribution in [0.1, 0.15) is 36.8 Å². The van der Waals surface area contributed by atoms with Crippen LogP contribution in [0.3, 0.4) is 0 Å². The van der Waals surface area contributed by atoms with Gasteiger partial charge in [0.2, 0.25) is 0 Å². The molecular weight excluding hydrogens is 286 g/mol. The fraction of sp³-hybridized carbons (Fsp3) is 0.625. The normalized spacial score (nSPS) is 18.4. The summed E-state index contributed by atoms with van der Waals surface area (Å²) in [5.74, 6) is 0. The summed E-state index contributed by atoms with van der Waals surface area (Å²) in [5.41, 5.74) is 3.29. The zero-order chi connectivity index (χ0) is 13.0. The van der Waals surface area contributed by atoms with Crippen LogP contribution in [0.2, 0.25) is 0 Å². The second-order valence-corrected chi connectivity index (χ2v) is 6.56. The summed E-state index contributed by atoms with van der Waals surface area (Å²) >= 11 is 3.73. The highest BCUT2D eigenvalue weighted by Crippen LogP contribution is 2.40. The first-order valence-electron chi connectivity index (χ1n) is 6.94. The van der Waals surface area contributed by atoms with E-state index in [1.54, 1.807) is 0 Å². The van der Waals surface area contributed by atoms with Crippen LogP contribution in [0.15, 0.2) is 24.3 Å². The quantitative estimate of drug-likeness (QED) is 0.729. The summed E-state index contributed by atoms with van der Waals surface area (Å²) in [6, 6.07) is 8.92. The number of hydrogen-bond acceptors (Lipinski definition) is 1. The molecular formula is C16H24BrN. The Morgan fingerprint density at radius 3 is 2.33 bits per heavy atom. The molecule has 0 N–H and O–H groups in total. The Morgan fingerprint density at radius 1 is 1.17 bits per heavy atom. The van der Waals surface area contributed by atoms with Crippen LogP contribution < -0.4 is 0 Å². The van der Waals surface area contributed by atoms with Crippen molar-refractivity contribution in [3.05, 3.63) is 35.4 Å². The highest BCUT2D eigenvalue weighted by atomic mass is 79.9. The molecule has 1 aromatic rings. The predicted molar refractivity (Wildman–Crippen MR) is 82.2 cm³/mol. The molecule has 0 amide bonds. The lowest BCUT2D eigenvalue weighted by atomic mass is 9.88. The van der Waals surface area contributed by atoms with Gasteiger partial charge in [-0.25, -0.2) is 0 Å². The van der Waals surface area contributed by atoms with Crippen LogP contribution in [0, 0.1) is 12.3 Å². The minimum absolute atomic E-state index is 0.527. The number of halogens is 1. The standard InChI is InChI=1S/C16H24BrN/c1-14-5-7-15(8-6-14)11-18(2)13-16(12-17)9-3-4-10-16/h5-8H,3-4,9-13H2,1-2H3. The lowest BCUT2D eigenvalue weighted by Crippen LogP contribution is -2.34. The smallest absolute Gasteiger partial charge is 0.0230 e. The molecule has 0 bridgehead atoms. The van der Waals surface area contributed by atoms with Crippen LogP contribution in [-0.4, -0.2) is 23.8 Å². The third-order valence-corrected chi connectivity index (χ3v) is 5.32. The molecule has 0 aromatic heterocycles. The summed E-state index contributed by atoms with van der Waals surface area (Å²) in [6.07, 6.45) is 5.58. The molecule has 1 aliphatic carbocycles. The van der Waals surface area contributed by atoms with Gasteiger partial charge in [0.05, 0.1) is 0 Å². The van der Waals surface area contributed by atoms with Gasteiger partial charge in [0, 0.05) is 18.4 Å². The van der Waals surface area contributed by atoms with E-state index in [2.05, 4.69) is 59.1 Å². The lowest BCUT2D eigenvalue weighted by molar-refractivity contribution is 0.196. The fourth-order valence-corrected chi connectivity index (χ4v) is 3.83. The van der Waals surface area contributed by atoms with Gasteiger partial charge in [0.1, 0.15) is 0 Å². The topological polar surface area (TPSA) is 3.24 Å². The van der Waals surface area contributed by atoms with E-state index in [1.807, 2.05) is 0 Å². The molecule has 0 spiro atoms. The van der Waals surface area contributed by atoms with Gasteiger partial charge >= 0.3 is 0 Å². The average Bonchev–Trinajstić information content (AvgIpc) is 2.81. The Balaban J connectivity index is 1.91. The van der Waals surface area contributed by atoms with Crippen LogP contribution in [0.4, 0.5) is 0 Å². The second-order valence-electron chi connectivity index (χ2n) is 6.00. The molecule has 1 aliphatic rings. The van der Waals surface area contributed by atoms with E-state index in [1.165, 1.54) is 43.4 Å². The molecule has 0 aliphatic heterocycles. The molecule has 0 saturated heterocycles. The zero-order valence-corrected chi connectivity index (χ0v) is 13.2. The Morgan fingerprint density at radius 2 is 1.78 bits per heavy atom. The molecule has 0 radical (unpaired) electrons. The number of hydrogen-bond donors (Lipinski definition) is 0. The SMILES string of the molecule is Cc1ccc(CN(C)CC2(CBr)CCCC2)cc1. The Labute approximate surface area is 120 Å². The third kappa shape index (κ3) is 3.58. The Hall–Kier alpha value is -0.340. The van der Waals surface area contributed by atoms with E-state index >= 15 is 0 Å². The first-order chi connectivity index (χ1) is 8.63. The van der Waals surface area contributed by atoms with Gasteiger partial charge in [-0.3, -0.25) is 0 Å². The number of alkyl halides is 1. The van der Waals surface area contributed by atoms with Crippen LogP contribution >= 0.6 is 15.9 Å². The zero-order valence-electron chi connectivity index (χ0n) is 11.6. The van der Waals surface area contributed by atoms with Gasteiger partial charge in [-0.15, -0.1) is 0 Å². The number of aryl methyl sites for hydroxylation is 1. The van der Waals surface area contributed by atoms with E-state index in [0.717, 1.165) is 11.9 Å². The van der Waals surface area contributed by atoms with Crippen molar-refractivity contribution in [1.29, 1.82) is 0 Å². The van der Waals surface area contributed by atoms with Crippen molar-refractivity contribution in [1.82, 2.24) is 4.90 Å². The molecule has 0 heterocycles. The van der Waals surface area contributed by atoms with Gasteiger partial charge in [-0.05, 0) is 37.8 Å². The maximum absolute atomic E-state index is 3.73. The minimum Gasteiger partial charge on any atom is -0.302 e. The van der Waals surface area contributed by atoms with Crippen molar-refractivity contribution in [2.45, 2.75) is 39.2 Å². The summed E-state index contributed by atoms with van der Waals surface area (Å²) < 4.78 is 0. The summed E-state index contributed by atoms with van der Waals surface area (Å²) in [4.78, 5) is 2.48. The molecule has 18 heavy (non-hydrogen) atoms. The molecule has 1 nitrogen and oxygen atoms in total. The van der Waals surface area contributed by atoms with E-state index in [-0.39, 0.29) is 0 Å². The minimum atomic E-state index is 0.527. The van der Waals surface area contributed by atoms with E-state index in [0.29, 0.717) is 5.41 Å². The lowest BCUT2D eigenvalue weighted by Gasteiger charge is -2.32. The fourth-order valence-electron chi connectivity index (χ4n) is 3.09. The molecule has 1 aromatic carbocycles. The van der Waals surface area contributed by atoms with Gasteiger partial charge in [-0.1, -0.05) is 58.6 Å². The molecule has 0 atom stereocenters. The van der Waals surface area contributed by atoms with Crippen molar-refractivity contribution in [3.8, 4) is 0 Å². The summed E-state index contributed by atoms with van der Waals surface area (Å²) in [7, 11) is 2.25. The molecule has 2 heteroatoms. The van der Waals surface area contributed by atoms with E-state index < -0.39 is 0 Å². The van der Waals surface area contributed by atoms with Crippen LogP contribution in [0.25, 0.3) is 0 Å².